The Labute approximate surface area is 158 Å². The smallest absolute Gasteiger partial charge is 0.127 e. The zero-order valence-electron chi connectivity index (χ0n) is 13.3. The summed E-state index contributed by atoms with van der Waals surface area (Å²) in [6.45, 7) is 2.22. The summed E-state index contributed by atoms with van der Waals surface area (Å²) in [6.07, 6.45) is -0.448. The van der Waals surface area contributed by atoms with Crippen molar-refractivity contribution in [2.45, 2.75) is 13.0 Å². The molecular formula is C18H17BrClNO2S. The van der Waals surface area contributed by atoms with Gasteiger partial charge in [0.1, 0.15) is 5.75 Å². The number of halogens is 2. The first-order chi connectivity index (χ1) is 11.5. The number of ether oxygens (including phenoxy) is 1. The van der Waals surface area contributed by atoms with Crippen LogP contribution in [0, 0.1) is 0 Å². The minimum Gasteiger partial charge on any atom is -0.496 e. The van der Waals surface area contributed by atoms with Gasteiger partial charge in [-0.3, -0.25) is 0 Å². The van der Waals surface area contributed by atoms with Gasteiger partial charge in [-0.25, -0.2) is 0 Å². The number of thiophene rings is 1. The average Bonchev–Trinajstić information content (AvgIpc) is 2.92. The Morgan fingerprint density at radius 2 is 2.12 bits per heavy atom. The molecule has 3 rings (SSSR count). The van der Waals surface area contributed by atoms with E-state index >= 15 is 0 Å². The highest BCUT2D eigenvalue weighted by Gasteiger charge is 2.19. The molecule has 6 heteroatoms. The Kier molecular flexibility index (Phi) is 5.35. The van der Waals surface area contributed by atoms with E-state index in [1.807, 2.05) is 36.4 Å². The number of benzene rings is 2. The van der Waals surface area contributed by atoms with Crippen molar-refractivity contribution in [1.82, 2.24) is 0 Å². The Balaban J connectivity index is 2.25. The summed E-state index contributed by atoms with van der Waals surface area (Å²) in [5.41, 5.74) is 1.95. The summed E-state index contributed by atoms with van der Waals surface area (Å²) in [5, 5.41) is 14.8. The minimum absolute atomic E-state index is 0.448. The van der Waals surface area contributed by atoms with Crippen molar-refractivity contribution >= 4 is 54.6 Å². The molecule has 0 saturated carbocycles. The zero-order chi connectivity index (χ0) is 17.3. The van der Waals surface area contributed by atoms with Crippen molar-refractivity contribution in [2.75, 3.05) is 19.0 Å². The van der Waals surface area contributed by atoms with E-state index in [1.165, 1.54) is 0 Å². The lowest BCUT2D eigenvalue weighted by Crippen LogP contribution is -2.15. The van der Waals surface area contributed by atoms with E-state index < -0.39 is 6.10 Å². The van der Waals surface area contributed by atoms with Gasteiger partial charge in [-0.15, -0.1) is 11.3 Å². The molecule has 1 unspecified atom stereocenters. The van der Waals surface area contributed by atoms with Crippen LogP contribution in [0.2, 0.25) is 5.02 Å². The molecule has 0 spiro atoms. The van der Waals surface area contributed by atoms with Crippen LogP contribution in [-0.4, -0.2) is 24.9 Å². The summed E-state index contributed by atoms with van der Waals surface area (Å²) in [4.78, 5) is 1.04. The van der Waals surface area contributed by atoms with Crippen LogP contribution in [-0.2, 0) is 0 Å². The molecule has 0 aliphatic carbocycles. The monoisotopic (exact) mass is 425 g/mol. The van der Waals surface area contributed by atoms with Crippen molar-refractivity contribution in [3.8, 4) is 16.2 Å². The van der Waals surface area contributed by atoms with Crippen LogP contribution in [0.5, 0.6) is 5.75 Å². The fraction of sp³-hybridized carbons (Fsp3) is 0.222. The number of nitrogens with one attached hydrogen (secondary N) is 1. The summed E-state index contributed by atoms with van der Waals surface area (Å²) in [5.74, 6) is 0.793. The van der Waals surface area contributed by atoms with Gasteiger partial charge in [0, 0.05) is 22.0 Å². The number of aliphatic hydroxyl groups is 1. The molecular weight excluding hydrogens is 410 g/mol. The molecule has 0 saturated heterocycles. The normalized spacial score (nSPS) is 12.4. The van der Waals surface area contributed by atoms with Crippen molar-refractivity contribution in [1.29, 1.82) is 0 Å². The molecule has 0 radical (unpaired) electrons. The topological polar surface area (TPSA) is 41.5 Å². The first kappa shape index (κ1) is 17.5. The lowest BCUT2D eigenvalue weighted by atomic mass is 10.1. The standard InChI is InChI=1S/C18H17BrClNO2S/c1-10(22)9-21-16-12-4-3-5-14(20)17(12)24-18(16)13-8-11(19)6-7-15(13)23-2/h3-8,10,21-22H,9H2,1-2H3. The fourth-order valence-electron chi connectivity index (χ4n) is 2.56. The van der Waals surface area contributed by atoms with Crippen LogP contribution in [0.15, 0.2) is 40.9 Å². The van der Waals surface area contributed by atoms with Gasteiger partial charge in [-0.1, -0.05) is 39.7 Å². The van der Waals surface area contributed by atoms with Gasteiger partial charge in [0.05, 0.1) is 33.5 Å². The lowest BCUT2D eigenvalue weighted by molar-refractivity contribution is 0.208. The first-order valence-corrected chi connectivity index (χ1v) is 9.47. The quantitative estimate of drug-likeness (QED) is 0.543. The molecule has 0 aliphatic heterocycles. The van der Waals surface area contributed by atoms with Crippen molar-refractivity contribution in [2.24, 2.45) is 0 Å². The number of hydrogen-bond donors (Lipinski definition) is 2. The molecule has 3 nitrogen and oxygen atoms in total. The summed E-state index contributed by atoms with van der Waals surface area (Å²) < 4.78 is 7.53. The highest BCUT2D eigenvalue weighted by Crippen LogP contribution is 2.48. The maximum atomic E-state index is 9.67. The summed E-state index contributed by atoms with van der Waals surface area (Å²) in [6, 6.07) is 11.8. The van der Waals surface area contributed by atoms with E-state index in [0.717, 1.165) is 41.5 Å². The second kappa shape index (κ2) is 7.31. The molecule has 0 bridgehead atoms. The number of hydrogen-bond acceptors (Lipinski definition) is 4. The highest BCUT2D eigenvalue weighted by atomic mass is 79.9. The molecule has 0 aliphatic rings. The van der Waals surface area contributed by atoms with Gasteiger partial charge < -0.3 is 15.2 Å². The Morgan fingerprint density at radius 3 is 2.83 bits per heavy atom. The molecule has 2 aromatic carbocycles. The molecule has 3 aromatic rings. The predicted molar refractivity (Wildman–Crippen MR) is 107 cm³/mol. The van der Waals surface area contributed by atoms with Crippen molar-refractivity contribution in [3.05, 3.63) is 45.9 Å². The van der Waals surface area contributed by atoms with Crippen LogP contribution in [0.4, 0.5) is 5.69 Å². The van der Waals surface area contributed by atoms with Crippen LogP contribution in [0.25, 0.3) is 20.5 Å². The molecule has 24 heavy (non-hydrogen) atoms. The predicted octanol–water partition coefficient (Wildman–Crippen LogP) is 5.79. The van der Waals surface area contributed by atoms with Gasteiger partial charge in [-0.2, -0.15) is 0 Å². The third kappa shape index (κ3) is 3.40. The van der Waals surface area contributed by atoms with Gasteiger partial charge in [0.25, 0.3) is 0 Å². The van der Waals surface area contributed by atoms with Crippen molar-refractivity contribution < 1.29 is 9.84 Å². The molecule has 1 atom stereocenters. The summed E-state index contributed by atoms with van der Waals surface area (Å²) >= 11 is 11.5. The van der Waals surface area contributed by atoms with E-state index in [2.05, 4.69) is 21.2 Å². The molecule has 2 N–H and O–H groups in total. The Morgan fingerprint density at radius 1 is 1.33 bits per heavy atom. The van der Waals surface area contributed by atoms with E-state index in [4.69, 9.17) is 16.3 Å². The first-order valence-electron chi connectivity index (χ1n) is 7.48. The van der Waals surface area contributed by atoms with Crippen LogP contribution in [0.3, 0.4) is 0 Å². The van der Waals surface area contributed by atoms with Gasteiger partial charge >= 0.3 is 0 Å². The molecule has 0 amide bonds. The number of anilines is 1. The molecule has 1 aromatic heterocycles. The maximum Gasteiger partial charge on any atom is 0.127 e. The number of fused-ring (bicyclic) bond motifs is 1. The molecule has 0 fully saturated rings. The van der Waals surface area contributed by atoms with E-state index in [9.17, 15) is 5.11 Å². The zero-order valence-corrected chi connectivity index (χ0v) is 16.4. The van der Waals surface area contributed by atoms with Crippen LogP contribution < -0.4 is 10.1 Å². The van der Waals surface area contributed by atoms with Crippen LogP contribution in [0.1, 0.15) is 6.92 Å². The number of methoxy groups -OCH3 is 1. The van der Waals surface area contributed by atoms with Gasteiger partial charge in [0.2, 0.25) is 0 Å². The van der Waals surface area contributed by atoms with E-state index in [0.29, 0.717) is 6.54 Å². The average molecular weight is 427 g/mol. The lowest BCUT2D eigenvalue weighted by Gasteiger charge is -2.13. The Bertz CT molecular complexity index is 879. The third-order valence-electron chi connectivity index (χ3n) is 3.65. The molecule has 1 heterocycles. The van der Waals surface area contributed by atoms with Crippen molar-refractivity contribution in [3.63, 3.8) is 0 Å². The number of rotatable bonds is 5. The number of aliphatic hydroxyl groups excluding tert-OH is 1. The van der Waals surface area contributed by atoms with Gasteiger partial charge in [-0.05, 0) is 31.2 Å². The van der Waals surface area contributed by atoms with E-state index in [-0.39, 0.29) is 0 Å². The third-order valence-corrected chi connectivity index (χ3v) is 5.84. The van der Waals surface area contributed by atoms with Gasteiger partial charge in [0.15, 0.2) is 0 Å². The second-order valence-corrected chi connectivity index (χ2v) is 7.84. The maximum absolute atomic E-state index is 9.67. The minimum atomic E-state index is -0.448. The highest BCUT2D eigenvalue weighted by molar-refractivity contribution is 9.10. The second-order valence-electron chi connectivity index (χ2n) is 5.50. The van der Waals surface area contributed by atoms with E-state index in [1.54, 1.807) is 25.4 Å². The molecule has 126 valence electrons. The SMILES string of the molecule is COc1ccc(Br)cc1-c1sc2c(Cl)cccc2c1NCC(C)O. The Hall–Kier alpha value is -1.27. The fourth-order valence-corrected chi connectivity index (χ4v) is 4.41. The summed E-state index contributed by atoms with van der Waals surface area (Å²) in [7, 11) is 1.66. The largest absolute Gasteiger partial charge is 0.496 e. The van der Waals surface area contributed by atoms with Crippen LogP contribution >= 0.6 is 38.9 Å².